The first-order valence-corrected chi connectivity index (χ1v) is 6.49. The molecule has 1 aliphatic carbocycles. The summed E-state index contributed by atoms with van der Waals surface area (Å²) in [5.41, 5.74) is 2.13. The fourth-order valence-electron chi connectivity index (χ4n) is 2.41. The lowest BCUT2D eigenvalue weighted by Crippen LogP contribution is -2.40. The summed E-state index contributed by atoms with van der Waals surface area (Å²) >= 11 is 0. The van der Waals surface area contributed by atoms with E-state index >= 15 is 0 Å². The molecule has 0 fully saturated rings. The van der Waals surface area contributed by atoms with Crippen molar-refractivity contribution in [2.24, 2.45) is 0 Å². The Hall–Kier alpha value is -1.40. The summed E-state index contributed by atoms with van der Waals surface area (Å²) < 4.78 is 10.2. The minimum atomic E-state index is -0.0680. The molecular weight excluding hydrogens is 246 g/mol. The maximum Gasteiger partial charge on any atom is 0.246 e. The van der Waals surface area contributed by atoms with Gasteiger partial charge in [-0.1, -0.05) is 5.16 Å². The average Bonchev–Trinajstić information content (AvgIpc) is 2.72. The highest BCUT2D eigenvalue weighted by Gasteiger charge is 2.26. The van der Waals surface area contributed by atoms with Crippen LogP contribution in [0.3, 0.4) is 0 Å². The normalized spacial score (nSPS) is 18.4. The van der Waals surface area contributed by atoms with Gasteiger partial charge in [0, 0.05) is 31.7 Å². The number of fused-ring (bicyclic) bond motifs is 1. The quantitative estimate of drug-likeness (QED) is 0.834. The second kappa shape index (κ2) is 6.16. The van der Waals surface area contributed by atoms with E-state index in [0.29, 0.717) is 0 Å². The summed E-state index contributed by atoms with van der Waals surface area (Å²) in [7, 11) is 5.53. The summed E-state index contributed by atoms with van der Waals surface area (Å²) in [6.45, 7) is 0.870. The molecule has 1 atom stereocenters. The number of methoxy groups -OCH3 is 1. The number of amides is 1. The van der Waals surface area contributed by atoms with Crippen molar-refractivity contribution in [2.45, 2.75) is 31.8 Å². The molecule has 6 heteroatoms. The van der Waals surface area contributed by atoms with E-state index in [1.807, 2.05) is 14.1 Å². The van der Waals surface area contributed by atoms with Crippen LogP contribution in [0.4, 0.5) is 0 Å². The molecule has 1 aromatic heterocycles. The zero-order chi connectivity index (χ0) is 13.8. The summed E-state index contributed by atoms with van der Waals surface area (Å²) in [6, 6.07) is 0.149. The number of hydrogen-bond donors (Lipinski definition) is 1. The van der Waals surface area contributed by atoms with Crippen molar-refractivity contribution >= 4 is 5.91 Å². The van der Waals surface area contributed by atoms with Crippen LogP contribution in [0.15, 0.2) is 4.52 Å². The number of hydrogen-bond acceptors (Lipinski definition) is 5. The third-order valence-corrected chi connectivity index (χ3v) is 3.23. The van der Waals surface area contributed by atoms with Gasteiger partial charge in [0.15, 0.2) is 0 Å². The second-order valence-electron chi connectivity index (χ2n) is 5.21. The lowest BCUT2D eigenvalue weighted by Gasteiger charge is -2.22. The summed E-state index contributed by atoms with van der Waals surface area (Å²) in [5, 5.41) is 7.12. The molecule has 2 rings (SSSR count). The lowest BCUT2D eigenvalue weighted by atomic mass is 9.92. The lowest BCUT2D eigenvalue weighted by molar-refractivity contribution is -0.125. The first-order valence-electron chi connectivity index (χ1n) is 6.49. The molecule has 19 heavy (non-hydrogen) atoms. The highest BCUT2D eigenvalue weighted by molar-refractivity contribution is 5.77. The van der Waals surface area contributed by atoms with Crippen LogP contribution in [0, 0.1) is 0 Å². The maximum absolute atomic E-state index is 11.5. The third-order valence-electron chi connectivity index (χ3n) is 3.23. The molecule has 0 aromatic carbocycles. The Labute approximate surface area is 113 Å². The van der Waals surface area contributed by atoms with Gasteiger partial charge in [0.1, 0.15) is 18.1 Å². The van der Waals surface area contributed by atoms with Gasteiger partial charge in [-0.25, -0.2) is 0 Å². The van der Waals surface area contributed by atoms with Gasteiger partial charge >= 0.3 is 0 Å². The molecular formula is C13H21N3O3. The Morgan fingerprint density at radius 1 is 1.58 bits per heavy atom. The van der Waals surface area contributed by atoms with Crippen molar-refractivity contribution in [3.05, 3.63) is 17.0 Å². The van der Waals surface area contributed by atoms with Gasteiger partial charge in [0.05, 0.1) is 0 Å². The van der Waals surface area contributed by atoms with Crippen LogP contribution in [-0.4, -0.2) is 49.8 Å². The van der Waals surface area contributed by atoms with Crippen molar-refractivity contribution in [2.75, 3.05) is 27.8 Å². The number of ether oxygens (including phenoxy) is 1. The van der Waals surface area contributed by atoms with Crippen molar-refractivity contribution in [1.82, 2.24) is 15.4 Å². The highest BCUT2D eigenvalue weighted by Crippen LogP contribution is 2.25. The minimum absolute atomic E-state index is 0.0680. The van der Waals surface area contributed by atoms with Gasteiger partial charge in [0.2, 0.25) is 5.91 Å². The molecule has 1 N–H and O–H groups in total. The van der Waals surface area contributed by atoms with Crippen molar-refractivity contribution in [1.29, 1.82) is 0 Å². The topological polar surface area (TPSA) is 67.6 Å². The fourth-order valence-corrected chi connectivity index (χ4v) is 2.41. The van der Waals surface area contributed by atoms with E-state index in [-0.39, 0.29) is 18.6 Å². The Bertz CT molecular complexity index is 442. The highest BCUT2D eigenvalue weighted by atomic mass is 16.5. The second-order valence-corrected chi connectivity index (χ2v) is 5.21. The van der Waals surface area contributed by atoms with Crippen molar-refractivity contribution in [3.63, 3.8) is 0 Å². The van der Waals surface area contributed by atoms with E-state index < -0.39 is 0 Å². The largest absolute Gasteiger partial charge is 0.375 e. The Morgan fingerprint density at radius 3 is 3.05 bits per heavy atom. The molecule has 0 bridgehead atoms. The summed E-state index contributed by atoms with van der Waals surface area (Å²) in [4.78, 5) is 13.6. The summed E-state index contributed by atoms with van der Waals surface area (Å²) in [5.74, 6) is 0.899. The van der Waals surface area contributed by atoms with E-state index in [4.69, 9.17) is 9.26 Å². The Balaban J connectivity index is 2.01. The van der Waals surface area contributed by atoms with E-state index in [1.54, 1.807) is 0 Å². The fraction of sp³-hybridized carbons (Fsp3) is 0.692. The number of aryl methyl sites for hydroxylation is 1. The van der Waals surface area contributed by atoms with Crippen LogP contribution in [0.2, 0.25) is 0 Å². The SMILES string of the molecule is COCC(=O)NC1CCc2onc(CN(C)C)c2C1. The zero-order valence-corrected chi connectivity index (χ0v) is 11.7. The van der Waals surface area contributed by atoms with Crippen LogP contribution in [0.25, 0.3) is 0 Å². The minimum Gasteiger partial charge on any atom is -0.375 e. The summed E-state index contributed by atoms with van der Waals surface area (Å²) in [6.07, 6.45) is 2.50. The molecule has 0 radical (unpaired) electrons. The predicted octanol–water partition coefficient (Wildman–Crippen LogP) is 0.356. The molecule has 0 saturated carbocycles. The molecule has 1 heterocycles. The van der Waals surface area contributed by atoms with Gasteiger partial charge in [-0.15, -0.1) is 0 Å². The number of carbonyl (C=O) groups excluding carboxylic acids is 1. The predicted molar refractivity (Wildman–Crippen MR) is 69.7 cm³/mol. The molecule has 0 spiro atoms. The maximum atomic E-state index is 11.5. The Morgan fingerprint density at radius 2 is 2.37 bits per heavy atom. The number of nitrogens with one attached hydrogen (secondary N) is 1. The van der Waals surface area contributed by atoms with Gasteiger partial charge in [0.25, 0.3) is 0 Å². The van der Waals surface area contributed by atoms with Gasteiger partial charge in [-0.2, -0.15) is 0 Å². The van der Waals surface area contributed by atoms with Crippen LogP contribution < -0.4 is 5.32 Å². The number of aromatic nitrogens is 1. The van der Waals surface area contributed by atoms with E-state index in [0.717, 1.165) is 42.8 Å². The standard InChI is InChI=1S/C13H21N3O3/c1-16(2)7-11-10-6-9(14-13(17)8-18-3)4-5-12(10)19-15-11/h9H,4-8H2,1-3H3,(H,14,17). The number of carbonyl (C=O) groups is 1. The number of nitrogens with zero attached hydrogens (tertiary/aromatic N) is 2. The monoisotopic (exact) mass is 267 g/mol. The van der Waals surface area contributed by atoms with E-state index in [2.05, 4.69) is 15.4 Å². The number of rotatable bonds is 5. The van der Waals surface area contributed by atoms with E-state index in [9.17, 15) is 4.79 Å². The van der Waals surface area contributed by atoms with Gasteiger partial charge in [-0.05, 0) is 26.9 Å². The molecule has 0 aliphatic heterocycles. The van der Waals surface area contributed by atoms with Crippen LogP contribution in [0.1, 0.15) is 23.4 Å². The molecule has 106 valence electrons. The third kappa shape index (κ3) is 3.54. The van der Waals surface area contributed by atoms with Crippen molar-refractivity contribution < 1.29 is 14.1 Å². The molecule has 6 nitrogen and oxygen atoms in total. The average molecular weight is 267 g/mol. The zero-order valence-electron chi connectivity index (χ0n) is 11.7. The molecule has 1 unspecified atom stereocenters. The molecule has 1 aliphatic rings. The van der Waals surface area contributed by atoms with Crippen LogP contribution in [-0.2, 0) is 28.9 Å². The smallest absolute Gasteiger partial charge is 0.246 e. The van der Waals surface area contributed by atoms with Gasteiger partial charge < -0.3 is 19.5 Å². The first-order chi connectivity index (χ1) is 9.10. The Kier molecular flexibility index (Phi) is 4.55. The van der Waals surface area contributed by atoms with E-state index in [1.165, 1.54) is 7.11 Å². The van der Waals surface area contributed by atoms with Crippen LogP contribution >= 0.6 is 0 Å². The molecule has 1 amide bonds. The molecule has 1 aromatic rings. The van der Waals surface area contributed by atoms with Crippen LogP contribution in [0.5, 0.6) is 0 Å². The van der Waals surface area contributed by atoms with Gasteiger partial charge in [-0.3, -0.25) is 4.79 Å². The first kappa shape index (κ1) is 14.0. The van der Waals surface area contributed by atoms with Crippen molar-refractivity contribution in [3.8, 4) is 0 Å². The molecule has 0 saturated heterocycles.